The van der Waals surface area contributed by atoms with Crippen molar-refractivity contribution in [3.63, 3.8) is 0 Å². The first-order valence-corrected chi connectivity index (χ1v) is 13.0. The van der Waals surface area contributed by atoms with E-state index in [1.807, 2.05) is 24.3 Å². The maximum atomic E-state index is 13.4. The number of benzene rings is 2. The molecule has 1 N–H and O–H groups in total. The summed E-state index contributed by atoms with van der Waals surface area (Å²) in [5, 5.41) is 11.0. The lowest BCUT2D eigenvalue weighted by molar-refractivity contribution is -0.208. The summed E-state index contributed by atoms with van der Waals surface area (Å²) in [5.41, 5.74) is -1.40. The van der Waals surface area contributed by atoms with Crippen LogP contribution in [0.25, 0.3) is 0 Å². The number of hydrogen-bond acceptors (Lipinski definition) is 9. The third-order valence-electron chi connectivity index (χ3n) is 5.74. The van der Waals surface area contributed by atoms with Gasteiger partial charge in [0.25, 0.3) is 5.60 Å². The highest BCUT2D eigenvalue weighted by Gasteiger charge is 2.58. The van der Waals surface area contributed by atoms with Gasteiger partial charge in [0, 0.05) is 6.61 Å². The first-order valence-electron chi connectivity index (χ1n) is 13.0. The van der Waals surface area contributed by atoms with Gasteiger partial charge in [0.15, 0.2) is 0 Å². The molecule has 1 unspecified atom stereocenters. The predicted molar refractivity (Wildman–Crippen MR) is 140 cm³/mol. The van der Waals surface area contributed by atoms with Gasteiger partial charge in [0.05, 0.1) is 19.8 Å². The van der Waals surface area contributed by atoms with Gasteiger partial charge in [-0.2, -0.15) is 0 Å². The van der Waals surface area contributed by atoms with Crippen LogP contribution in [0.15, 0.2) is 42.5 Å². The Kier molecular flexibility index (Phi) is 12.9. The highest BCUT2D eigenvalue weighted by Crippen LogP contribution is 2.25. The van der Waals surface area contributed by atoms with Gasteiger partial charge in [0.2, 0.25) is 6.10 Å². The molecule has 0 heterocycles. The van der Waals surface area contributed by atoms with Gasteiger partial charge < -0.3 is 28.8 Å². The number of carbonyl (C=O) groups excluding carboxylic acids is 3. The minimum absolute atomic E-state index is 0.0194. The van der Waals surface area contributed by atoms with Crippen LogP contribution in [-0.4, -0.2) is 61.1 Å². The van der Waals surface area contributed by atoms with Gasteiger partial charge in [-0.05, 0) is 88.4 Å². The first kappa shape index (κ1) is 31.7. The van der Waals surface area contributed by atoms with Crippen molar-refractivity contribution in [2.45, 2.75) is 65.1 Å². The zero-order valence-corrected chi connectivity index (χ0v) is 22.9. The Hall–Kier alpha value is -3.50. The van der Waals surface area contributed by atoms with Gasteiger partial charge in [-0.3, -0.25) is 0 Å². The van der Waals surface area contributed by atoms with Crippen LogP contribution >= 0.6 is 0 Å². The quantitative estimate of drug-likeness (QED) is 0.141. The number of unbranched alkanes of at least 4 members (excludes halogenated alkanes) is 2. The second-order valence-corrected chi connectivity index (χ2v) is 8.68. The van der Waals surface area contributed by atoms with Crippen molar-refractivity contribution in [1.82, 2.24) is 0 Å². The van der Waals surface area contributed by atoms with E-state index in [1.54, 1.807) is 26.0 Å². The number of hydrogen-bond donors (Lipinski definition) is 1. The molecule has 0 aliphatic carbocycles. The molecule has 0 bridgehead atoms. The first-order chi connectivity index (χ1) is 18.7. The van der Waals surface area contributed by atoms with E-state index >= 15 is 0 Å². The Labute approximate surface area is 228 Å². The van der Waals surface area contributed by atoms with Crippen molar-refractivity contribution in [2.24, 2.45) is 0 Å². The van der Waals surface area contributed by atoms with Crippen LogP contribution in [0.1, 0.15) is 51.2 Å². The highest BCUT2D eigenvalue weighted by atomic mass is 19.1. The summed E-state index contributed by atoms with van der Waals surface area (Å²) in [6.45, 7) is 5.89. The fraction of sp³-hybridized carbons (Fsp3) is 0.483. The Bertz CT molecular complexity index is 1070. The molecule has 1 atom stereocenters. The third-order valence-corrected chi connectivity index (χ3v) is 5.74. The van der Waals surface area contributed by atoms with Crippen LogP contribution in [0.2, 0.25) is 0 Å². The van der Waals surface area contributed by atoms with Crippen LogP contribution in [0.4, 0.5) is 4.39 Å². The SMILES string of the molecule is CCOC(=O)C(OCCCCCc1ccc(Oc2ccc(F)c(C)c2)cc1)C(O)(C(=O)OCC)C(=O)OCC. The molecule has 39 heavy (non-hydrogen) atoms. The van der Waals surface area contributed by atoms with E-state index in [4.69, 9.17) is 23.7 Å². The van der Waals surface area contributed by atoms with E-state index in [0.29, 0.717) is 29.9 Å². The number of rotatable bonds is 16. The van der Waals surface area contributed by atoms with E-state index in [0.717, 1.165) is 18.4 Å². The summed E-state index contributed by atoms with van der Waals surface area (Å²) in [6, 6.07) is 12.1. The topological polar surface area (TPSA) is 118 Å². The molecule has 2 aromatic carbocycles. The van der Waals surface area contributed by atoms with Crippen molar-refractivity contribution < 1.29 is 47.6 Å². The molecular weight excluding hydrogens is 511 g/mol. The molecule has 0 spiro atoms. The van der Waals surface area contributed by atoms with Crippen molar-refractivity contribution in [2.75, 3.05) is 26.4 Å². The molecule has 2 aromatic rings. The zero-order chi connectivity index (χ0) is 28.8. The molecule has 0 aliphatic heterocycles. The molecule has 2 rings (SSSR count). The third kappa shape index (κ3) is 9.04. The van der Waals surface area contributed by atoms with Gasteiger partial charge in [0.1, 0.15) is 17.3 Å². The number of halogens is 1. The fourth-order valence-electron chi connectivity index (χ4n) is 3.71. The Morgan fingerprint density at radius 3 is 2.00 bits per heavy atom. The number of esters is 3. The highest BCUT2D eigenvalue weighted by molar-refractivity contribution is 6.08. The van der Waals surface area contributed by atoms with Gasteiger partial charge in [-0.1, -0.05) is 18.6 Å². The normalized spacial score (nSPS) is 11.9. The van der Waals surface area contributed by atoms with Crippen molar-refractivity contribution in [3.05, 3.63) is 59.4 Å². The molecule has 0 radical (unpaired) electrons. The largest absolute Gasteiger partial charge is 0.464 e. The Balaban J connectivity index is 1.90. The molecule has 0 aliphatic rings. The predicted octanol–water partition coefficient (Wildman–Crippen LogP) is 4.44. The second-order valence-electron chi connectivity index (χ2n) is 8.68. The molecule has 0 saturated carbocycles. The van der Waals surface area contributed by atoms with E-state index in [1.165, 1.54) is 19.9 Å². The minimum atomic E-state index is -2.99. The standard InChI is InChI=1S/C29H37FO9/c1-5-35-26(31)25(29(34,27(32)36-6-2)28(33)37-7-3)38-18-10-8-9-11-21-12-14-22(15-13-21)39-23-16-17-24(30)20(4)19-23/h12-17,19,25,34H,5-11,18H2,1-4H3. The summed E-state index contributed by atoms with van der Waals surface area (Å²) in [4.78, 5) is 37.5. The smallest absolute Gasteiger partial charge is 0.353 e. The van der Waals surface area contributed by atoms with Crippen molar-refractivity contribution >= 4 is 17.9 Å². The Morgan fingerprint density at radius 2 is 1.44 bits per heavy atom. The monoisotopic (exact) mass is 548 g/mol. The van der Waals surface area contributed by atoms with Gasteiger partial charge in [-0.15, -0.1) is 0 Å². The molecule has 214 valence electrons. The summed E-state index contributed by atoms with van der Waals surface area (Å²) >= 11 is 0. The molecule has 9 nitrogen and oxygen atoms in total. The van der Waals surface area contributed by atoms with Crippen LogP contribution in [0.5, 0.6) is 11.5 Å². The lowest BCUT2D eigenvalue weighted by Crippen LogP contribution is -2.61. The lowest BCUT2D eigenvalue weighted by atomic mass is 9.96. The second kappa shape index (κ2) is 15.8. The van der Waals surface area contributed by atoms with Crippen molar-refractivity contribution in [3.8, 4) is 11.5 Å². The summed E-state index contributed by atoms with van der Waals surface area (Å²) in [5.74, 6) is -2.85. The average Bonchev–Trinajstić information content (AvgIpc) is 2.91. The summed E-state index contributed by atoms with van der Waals surface area (Å²) < 4.78 is 39.3. The average molecular weight is 549 g/mol. The van der Waals surface area contributed by atoms with Crippen molar-refractivity contribution in [1.29, 1.82) is 0 Å². The summed E-state index contributed by atoms with van der Waals surface area (Å²) in [6.07, 6.45) is 0.827. The van der Waals surface area contributed by atoms with Crippen LogP contribution < -0.4 is 4.74 Å². The zero-order valence-electron chi connectivity index (χ0n) is 22.9. The maximum absolute atomic E-state index is 13.4. The lowest BCUT2D eigenvalue weighted by Gasteiger charge is -2.30. The molecule has 10 heteroatoms. The molecular formula is C29H37FO9. The fourth-order valence-corrected chi connectivity index (χ4v) is 3.71. The van der Waals surface area contributed by atoms with Gasteiger partial charge >= 0.3 is 17.9 Å². The van der Waals surface area contributed by atoms with Crippen LogP contribution in [0.3, 0.4) is 0 Å². The van der Waals surface area contributed by atoms with E-state index in [-0.39, 0.29) is 32.2 Å². The minimum Gasteiger partial charge on any atom is -0.464 e. The van der Waals surface area contributed by atoms with E-state index < -0.39 is 29.6 Å². The van der Waals surface area contributed by atoms with Crippen LogP contribution in [0, 0.1) is 12.7 Å². The summed E-state index contributed by atoms with van der Waals surface area (Å²) in [7, 11) is 0. The van der Waals surface area contributed by atoms with E-state index in [9.17, 15) is 23.9 Å². The van der Waals surface area contributed by atoms with Crippen LogP contribution in [-0.2, 0) is 39.8 Å². The number of aliphatic hydroxyl groups is 1. The van der Waals surface area contributed by atoms with Gasteiger partial charge in [-0.25, -0.2) is 18.8 Å². The Morgan fingerprint density at radius 1 is 0.846 bits per heavy atom. The van der Waals surface area contributed by atoms with E-state index in [2.05, 4.69) is 0 Å². The molecule has 0 aromatic heterocycles. The molecule has 0 saturated heterocycles. The maximum Gasteiger partial charge on any atom is 0.353 e. The number of ether oxygens (including phenoxy) is 5. The molecule has 0 amide bonds. The molecule has 0 fully saturated rings. The number of carbonyl (C=O) groups is 3. The number of aryl methyl sites for hydroxylation is 2.